The average molecular weight is 338 g/mol. The number of hydrogen-bond donors (Lipinski definition) is 4. The van der Waals surface area contributed by atoms with Gasteiger partial charge in [0.25, 0.3) is 0 Å². The number of nitrogens with one attached hydrogen (secondary N) is 3. The zero-order chi connectivity index (χ0) is 17.2. The summed E-state index contributed by atoms with van der Waals surface area (Å²) in [6.07, 6.45) is 4.64. The number of ether oxygens (including phenoxy) is 1. The highest BCUT2D eigenvalue weighted by molar-refractivity contribution is 5.90. The van der Waals surface area contributed by atoms with Crippen LogP contribution in [0.25, 0.3) is 0 Å². The summed E-state index contributed by atoms with van der Waals surface area (Å²) in [6, 6.07) is -1.21. The van der Waals surface area contributed by atoms with Crippen LogP contribution < -0.4 is 21.7 Å². The van der Waals surface area contributed by atoms with Gasteiger partial charge >= 0.3 is 0 Å². The van der Waals surface area contributed by atoms with Crippen LogP contribution in [0, 0.1) is 5.92 Å². The molecule has 0 aromatic carbocycles. The lowest BCUT2D eigenvalue weighted by Gasteiger charge is -2.33. The number of nitrogens with two attached hydrogens (primary N) is 1. The van der Waals surface area contributed by atoms with Crippen molar-refractivity contribution in [3.05, 3.63) is 0 Å². The molecule has 3 amide bonds. The van der Waals surface area contributed by atoms with E-state index in [2.05, 4.69) is 16.0 Å². The average Bonchev–Trinajstić information content (AvgIpc) is 3.14. The molecule has 3 rings (SSSR count). The fourth-order valence-electron chi connectivity index (χ4n) is 3.89. The molecule has 3 heterocycles. The van der Waals surface area contributed by atoms with Crippen LogP contribution in [0.1, 0.15) is 38.5 Å². The van der Waals surface area contributed by atoms with Crippen molar-refractivity contribution in [2.75, 3.05) is 19.7 Å². The lowest BCUT2D eigenvalue weighted by molar-refractivity contribution is -0.130. The van der Waals surface area contributed by atoms with Gasteiger partial charge in [-0.25, -0.2) is 0 Å². The summed E-state index contributed by atoms with van der Waals surface area (Å²) in [4.78, 5) is 35.8. The molecular weight excluding hydrogens is 312 g/mol. The smallest absolute Gasteiger partial charge is 0.240 e. The van der Waals surface area contributed by atoms with Crippen LogP contribution in [0.15, 0.2) is 0 Å². The molecule has 24 heavy (non-hydrogen) atoms. The van der Waals surface area contributed by atoms with Crippen LogP contribution in [0.3, 0.4) is 0 Å². The maximum Gasteiger partial charge on any atom is 0.240 e. The minimum atomic E-state index is -0.822. The van der Waals surface area contributed by atoms with E-state index in [1.54, 1.807) is 0 Å². The van der Waals surface area contributed by atoms with Gasteiger partial charge in [0.05, 0.1) is 11.6 Å². The molecule has 1 unspecified atom stereocenters. The fourth-order valence-corrected chi connectivity index (χ4v) is 3.89. The van der Waals surface area contributed by atoms with Crippen LogP contribution >= 0.6 is 0 Å². The second-order valence-corrected chi connectivity index (χ2v) is 7.10. The molecule has 3 fully saturated rings. The Bertz CT molecular complexity index is 518. The predicted molar refractivity (Wildman–Crippen MR) is 85.8 cm³/mol. The molecule has 8 heteroatoms. The fraction of sp³-hybridized carbons (Fsp3) is 0.812. The summed E-state index contributed by atoms with van der Waals surface area (Å²) in [6.45, 7) is 1.99. The van der Waals surface area contributed by atoms with Gasteiger partial charge in [-0.2, -0.15) is 0 Å². The zero-order valence-corrected chi connectivity index (χ0v) is 13.8. The molecule has 0 saturated carbocycles. The first-order chi connectivity index (χ1) is 11.5. The van der Waals surface area contributed by atoms with Crippen LogP contribution in [-0.2, 0) is 19.1 Å². The Morgan fingerprint density at radius 3 is 2.88 bits per heavy atom. The Morgan fingerprint density at radius 1 is 1.42 bits per heavy atom. The van der Waals surface area contributed by atoms with Gasteiger partial charge in [0.1, 0.15) is 6.04 Å². The maximum absolute atomic E-state index is 12.5. The van der Waals surface area contributed by atoms with E-state index < -0.39 is 11.9 Å². The third-order valence-electron chi connectivity index (χ3n) is 5.34. The molecule has 4 atom stereocenters. The van der Waals surface area contributed by atoms with Crippen molar-refractivity contribution in [2.45, 2.75) is 56.2 Å². The molecule has 3 aliphatic heterocycles. The highest BCUT2D eigenvalue weighted by Crippen LogP contribution is 2.33. The Morgan fingerprint density at radius 2 is 2.25 bits per heavy atom. The largest absolute Gasteiger partial charge is 0.374 e. The van der Waals surface area contributed by atoms with Crippen LogP contribution in [0.5, 0.6) is 0 Å². The highest BCUT2D eigenvalue weighted by Gasteiger charge is 2.44. The van der Waals surface area contributed by atoms with Crippen molar-refractivity contribution >= 4 is 17.7 Å². The quantitative estimate of drug-likeness (QED) is 0.501. The molecule has 0 radical (unpaired) electrons. The number of carbonyl (C=O) groups excluding carboxylic acids is 3. The van der Waals surface area contributed by atoms with E-state index in [1.165, 1.54) is 0 Å². The van der Waals surface area contributed by atoms with Crippen molar-refractivity contribution in [3.63, 3.8) is 0 Å². The molecule has 1 spiro atoms. The topological polar surface area (TPSA) is 123 Å². The molecule has 8 nitrogen and oxygen atoms in total. The van der Waals surface area contributed by atoms with Crippen molar-refractivity contribution in [3.8, 4) is 0 Å². The normalized spacial score (nSPS) is 34.1. The number of rotatable bonds is 5. The molecule has 0 aromatic heterocycles. The third-order valence-corrected chi connectivity index (χ3v) is 5.34. The summed E-state index contributed by atoms with van der Waals surface area (Å²) in [5.74, 6) is -1.20. The summed E-state index contributed by atoms with van der Waals surface area (Å²) in [5, 5.41) is 8.64. The van der Waals surface area contributed by atoms with Crippen molar-refractivity contribution in [2.24, 2.45) is 11.7 Å². The predicted octanol–water partition coefficient (Wildman–Crippen LogP) is -1.22. The molecule has 0 bridgehead atoms. The number of hydrogen-bond acceptors (Lipinski definition) is 5. The van der Waals surface area contributed by atoms with E-state index >= 15 is 0 Å². The zero-order valence-electron chi connectivity index (χ0n) is 13.8. The number of carbonyl (C=O) groups is 3. The Balaban J connectivity index is 1.55. The van der Waals surface area contributed by atoms with E-state index in [-0.39, 0.29) is 35.8 Å². The minimum Gasteiger partial charge on any atom is -0.374 e. The van der Waals surface area contributed by atoms with Crippen molar-refractivity contribution < 1.29 is 19.1 Å². The van der Waals surface area contributed by atoms with Gasteiger partial charge in [-0.05, 0) is 32.1 Å². The first-order valence-corrected chi connectivity index (χ1v) is 8.74. The summed E-state index contributed by atoms with van der Waals surface area (Å²) < 4.78 is 5.89. The van der Waals surface area contributed by atoms with Gasteiger partial charge in [0.2, 0.25) is 17.7 Å². The van der Waals surface area contributed by atoms with Gasteiger partial charge in [0, 0.05) is 32.0 Å². The van der Waals surface area contributed by atoms with Gasteiger partial charge in [-0.1, -0.05) is 0 Å². The van der Waals surface area contributed by atoms with Crippen LogP contribution in [0.2, 0.25) is 0 Å². The molecule has 134 valence electrons. The number of primary amides is 1. The van der Waals surface area contributed by atoms with Gasteiger partial charge in [0.15, 0.2) is 0 Å². The Hall–Kier alpha value is -1.67. The third kappa shape index (κ3) is 3.70. The van der Waals surface area contributed by atoms with E-state index in [9.17, 15) is 14.4 Å². The lowest BCUT2D eigenvalue weighted by Crippen LogP contribution is -2.51. The maximum atomic E-state index is 12.5. The highest BCUT2D eigenvalue weighted by atomic mass is 16.5. The van der Waals surface area contributed by atoms with E-state index in [0.717, 1.165) is 25.9 Å². The first-order valence-electron chi connectivity index (χ1n) is 8.74. The molecule has 5 N–H and O–H groups in total. The van der Waals surface area contributed by atoms with E-state index in [0.29, 0.717) is 25.9 Å². The van der Waals surface area contributed by atoms with Crippen LogP contribution in [-0.4, -0.2) is 55.1 Å². The van der Waals surface area contributed by atoms with Gasteiger partial charge < -0.3 is 26.4 Å². The summed E-state index contributed by atoms with van der Waals surface area (Å²) in [7, 11) is 0. The van der Waals surface area contributed by atoms with E-state index in [4.69, 9.17) is 10.5 Å². The first kappa shape index (κ1) is 17.2. The molecule has 3 saturated heterocycles. The second kappa shape index (κ2) is 7.06. The summed E-state index contributed by atoms with van der Waals surface area (Å²) in [5.41, 5.74) is 5.16. The van der Waals surface area contributed by atoms with Crippen molar-refractivity contribution in [1.82, 2.24) is 16.0 Å². The van der Waals surface area contributed by atoms with Crippen LogP contribution in [0.4, 0.5) is 0 Å². The molecule has 0 aliphatic carbocycles. The van der Waals surface area contributed by atoms with Crippen molar-refractivity contribution in [1.29, 1.82) is 0 Å². The molecular formula is C16H26N4O4. The van der Waals surface area contributed by atoms with Gasteiger partial charge in [-0.3, -0.25) is 14.4 Å². The lowest BCUT2D eigenvalue weighted by atomic mass is 9.91. The summed E-state index contributed by atoms with van der Waals surface area (Å²) >= 11 is 0. The second-order valence-electron chi connectivity index (χ2n) is 7.10. The number of amides is 3. The van der Waals surface area contributed by atoms with Gasteiger partial charge in [-0.15, -0.1) is 0 Å². The SMILES string of the molecule is NC(=O)[C@H](C[C@@H]1CCNC1=O)NC(=O)[C@@H]1CC2(CCCCO2)CN1. The Labute approximate surface area is 141 Å². The van der Waals surface area contributed by atoms with E-state index in [1.807, 2.05) is 0 Å². The molecule has 0 aromatic rings. The molecule has 3 aliphatic rings. The Kier molecular flexibility index (Phi) is 5.05. The monoisotopic (exact) mass is 338 g/mol. The minimum absolute atomic E-state index is 0.0796. The standard InChI is InChI=1S/C16H26N4O4/c17-13(21)11(7-10-3-5-18-14(10)22)20-15(23)12-8-16(9-19-12)4-1-2-6-24-16/h10-12,19H,1-9H2,(H2,17,21)(H,18,22)(H,20,23)/t10-,11-,12-,16?/m0/s1.